The van der Waals surface area contributed by atoms with Crippen LogP contribution in [-0.4, -0.2) is 35.1 Å². The van der Waals surface area contributed by atoms with Crippen molar-refractivity contribution in [3.8, 4) is 0 Å². The highest BCUT2D eigenvalue weighted by Crippen LogP contribution is 2.49. The maximum atomic E-state index is 12.8. The molecule has 1 aliphatic carbocycles. The summed E-state index contributed by atoms with van der Waals surface area (Å²) in [6.45, 7) is 7.47. The molecule has 2 fully saturated rings. The molecule has 1 aliphatic heterocycles. The van der Waals surface area contributed by atoms with Crippen molar-refractivity contribution in [2.75, 3.05) is 13.2 Å². The highest BCUT2D eigenvalue weighted by molar-refractivity contribution is 5.83. The van der Waals surface area contributed by atoms with Crippen LogP contribution in [0.3, 0.4) is 0 Å². The van der Waals surface area contributed by atoms with Crippen molar-refractivity contribution in [3.05, 3.63) is 35.4 Å². The predicted molar refractivity (Wildman–Crippen MR) is 92.4 cm³/mol. The van der Waals surface area contributed by atoms with Gasteiger partial charge in [0.25, 0.3) is 0 Å². The number of amides is 1. The highest BCUT2D eigenvalue weighted by Gasteiger charge is 2.47. The predicted octanol–water partition coefficient (Wildman–Crippen LogP) is 3.53. The molecule has 23 heavy (non-hydrogen) atoms. The Morgan fingerprint density at radius 3 is 2.57 bits per heavy atom. The van der Waals surface area contributed by atoms with Crippen molar-refractivity contribution in [1.29, 1.82) is 0 Å². The third kappa shape index (κ3) is 3.45. The fraction of sp³-hybridized carbons (Fsp3) is 0.650. The van der Waals surface area contributed by atoms with Gasteiger partial charge in [-0.25, -0.2) is 0 Å². The molecular formula is C20H29NO2. The van der Waals surface area contributed by atoms with Crippen molar-refractivity contribution < 1.29 is 9.90 Å². The van der Waals surface area contributed by atoms with Crippen LogP contribution in [0.4, 0.5) is 0 Å². The summed E-state index contributed by atoms with van der Waals surface area (Å²) in [6.07, 6.45) is 3.02. The van der Waals surface area contributed by atoms with E-state index in [9.17, 15) is 9.90 Å². The zero-order chi connectivity index (χ0) is 16.6. The molecule has 4 unspecified atom stereocenters. The van der Waals surface area contributed by atoms with Crippen LogP contribution < -0.4 is 0 Å². The molecule has 0 aromatic heterocycles. The van der Waals surface area contributed by atoms with Gasteiger partial charge < -0.3 is 10.0 Å². The topological polar surface area (TPSA) is 40.5 Å². The van der Waals surface area contributed by atoms with Crippen molar-refractivity contribution in [2.45, 2.75) is 57.9 Å². The second-order valence-corrected chi connectivity index (χ2v) is 7.74. The standard InChI is InChI=1S/C20H29NO2/c1-13(2)16-6-8-17(9-7-16)18-10-19(18)20(23)21-11-15(12-22)5-4-14(21)3/h6-9,13-15,18-19,22H,4-5,10-12H2,1-3H3. The lowest BCUT2D eigenvalue weighted by atomic mass is 9.93. The minimum absolute atomic E-state index is 0.153. The Kier molecular flexibility index (Phi) is 4.77. The molecule has 1 saturated carbocycles. The number of aliphatic hydroxyl groups is 1. The number of benzene rings is 1. The number of aliphatic hydroxyl groups excluding tert-OH is 1. The average Bonchev–Trinajstić information content (AvgIpc) is 3.35. The van der Waals surface area contributed by atoms with E-state index in [0.717, 1.165) is 25.8 Å². The number of carbonyl (C=O) groups excluding carboxylic acids is 1. The summed E-state index contributed by atoms with van der Waals surface area (Å²) in [5, 5.41) is 9.39. The van der Waals surface area contributed by atoms with Gasteiger partial charge in [0.2, 0.25) is 5.91 Å². The van der Waals surface area contributed by atoms with Gasteiger partial charge in [-0.15, -0.1) is 0 Å². The normalized spacial score (nSPS) is 30.6. The monoisotopic (exact) mass is 315 g/mol. The maximum Gasteiger partial charge on any atom is 0.226 e. The molecule has 4 atom stereocenters. The highest BCUT2D eigenvalue weighted by atomic mass is 16.3. The van der Waals surface area contributed by atoms with E-state index >= 15 is 0 Å². The summed E-state index contributed by atoms with van der Waals surface area (Å²) in [5.41, 5.74) is 2.66. The second-order valence-electron chi connectivity index (χ2n) is 7.74. The Bertz CT molecular complexity index is 551. The summed E-state index contributed by atoms with van der Waals surface area (Å²) in [4.78, 5) is 14.9. The zero-order valence-corrected chi connectivity index (χ0v) is 14.5. The maximum absolute atomic E-state index is 12.8. The fourth-order valence-electron chi connectivity index (χ4n) is 3.82. The molecular weight excluding hydrogens is 286 g/mol. The fourth-order valence-corrected chi connectivity index (χ4v) is 3.82. The van der Waals surface area contributed by atoms with Crippen molar-refractivity contribution in [1.82, 2.24) is 4.90 Å². The molecule has 1 heterocycles. The molecule has 3 nitrogen and oxygen atoms in total. The third-order valence-corrected chi connectivity index (χ3v) is 5.66. The van der Waals surface area contributed by atoms with E-state index in [2.05, 4.69) is 45.0 Å². The van der Waals surface area contributed by atoms with Crippen LogP contribution >= 0.6 is 0 Å². The summed E-state index contributed by atoms with van der Waals surface area (Å²) in [6, 6.07) is 9.11. The van der Waals surface area contributed by atoms with Gasteiger partial charge >= 0.3 is 0 Å². The Balaban J connectivity index is 1.64. The Morgan fingerprint density at radius 2 is 1.96 bits per heavy atom. The third-order valence-electron chi connectivity index (χ3n) is 5.66. The van der Waals surface area contributed by atoms with Crippen LogP contribution in [0.2, 0.25) is 0 Å². The van der Waals surface area contributed by atoms with Gasteiger partial charge in [-0.05, 0) is 55.1 Å². The Labute approximate surface area is 139 Å². The van der Waals surface area contributed by atoms with Gasteiger partial charge in [0.05, 0.1) is 0 Å². The molecule has 1 aromatic carbocycles. The number of rotatable bonds is 4. The van der Waals surface area contributed by atoms with Crippen molar-refractivity contribution in [2.24, 2.45) is 11.8 Å². The number of piperidine rings is 1. The van der Waals surface area contributed by atoms with E-state index in [4.69, 9.17) is 0 Å². The van der Waals surface area contributed by atoms with E-state index in [1.54, 1.807) is 0 Å². The summed E-state index contributed by atoms with van der Waals surface area (Å²) < 4.78 is 0. The van der Waals surface area contributed by atoms with Crippen molar-refractivity contribution >= 4 is 5.91 Å². The first-order valence-corrected chi connectivity index (χ1v) is 9.02. The number of hydrogen-bond acceptors (Lipinski definition) is 2. The second kappa shape index (κ2) is 6.64. The molecule has 1 saturated heterocycles. The SMILES string of the molecule is CC(C)c1ccc(C2CC2C(=O)N2CC(CO)CCC2C)cc1. The lowest BCUT2D eigenvalue weighted by Crippen LogP contribution is -2.47. The van der Waals surface area contributed by atoms with Crippen LogP contribution in [0.5, 0.6) is 0 Å². The minimum atomic E-state index is 0.153. The van der Waals surface area contributed by atoms with E-state index in [-0.39, 0.29) is 18.4 Å². The molecule has 0 radical (unpaired) electrons. The number of likely N-dealkylation sites (tertiary alicyclic amines) is 1. The molecule has 1 amide bonds. The van der Waals surface area contributed by atoms with E-state index in [1.807, 2.05) is 4.90 Å². The van der Waals surface area contributed by atoms with E-state index in [0.29, 0.717) is 23.8 Å². The Morgan fingerprint density at radius 1 is 1.26 bits per heavy atom. The lowest BCUT2D eigenvalue weighted by Gasteiger charge is -2.37. The van der Waals surface area contributed by atoms with Gasteiger partial charge in [0.1, 0.15) is 0 Å². The summed E-state index contributed by atoms with van der Waals surface area (Å²) in [5.74, 6) is 1.65. The van der Waals surface area contributed by atoms with Gasteiger partial charge in [-0.3, -0.25) is 4.79 Å². The van der Waals surface area contributed by atoms with E-state index < -0.39 is 0 Å². The molecule has 1 N–H and O–H groups in total. The quantitative estimate of drug-likeness (QED) is 0.923. The molecule has 3 rings (SSSR count). The minimum Gasteiger partial charge on any atom is -0.396 e. The molecule has 1 aromatic rings. The van der Waals surface area contributed by atoms with Gasteiger partial charge in [-0.1, -0.05) is 38.1 Å². The largest absolute Gasteiger partial charge is 0.396 e. The van der Waals surface area contributed by atoms with Crippen LogP contribution in [-0.2, 0) is 4.79 Å². The van der Waals surface area contributed by atoms with Crippen LogP contribution in [0.15, 0.2) is 24.3 Å². The smallest absolute Gasteiger partial charge is 0.226 e. The van der Waals surface area contributed by atoms with Crippen LogP contribution in [0, 0.1) is 11.8 Å². The number of carbonyl (C=O) groups is 1. The first-order chi connectivity index (χ1) is 11.0. The zero-order valence-electron chi connectivity index (χ0n) is 14.5. The average molecular weight is 315 g/mol. The molecule has 0 bridgehead atoms. The van der Waals surface area contributed by atoms with Crippen LogP contribution in [0.25, 0.3) is 0 Å². The summed E-state index contributed by atoms with van der Waals surface area (Å²) >= 11 is 0. The molecule has 3 heteroatoms. The first-order valence-electron chi connectivity index (χ1n) is 9.02. The number of nitrogens with zero attached hydrogens (tertiary/aromatic N) is 1. The first kappa shape index (κ1) is 16.5. The Hall–Kier alpha value is -1.35. The molecule has 0 spiro atoms. The van der Waals surface area contributed by atoms with E-state index in [1.165, 1.54) is 11.1 Å². The summed E-state index contributed by atoms with van der Waals surface area (Å²) in [7, 11) is 0. The number of hydrogen-bond donors (Lipinski definition) is 1. The molecule has 126 valence electrons. The van der Waals surface area contributed by atoms with Gasteiger partial charge in [0, 0.05) is 25.1 Å². The van der Waals surface area contributed by atoms with Crippen LogP contribution in [0.1, 0.15) is 63.0 Å². The van der Waals surface area contributed by atoms with Gasteiger partial charge in [0.15, 0.2) is 0 Å². The molecule has 2 aliphatic rings. The van der Waals surface area contributed by atoms with Gasteiger partial charge in [-0.2, -0.15) is 0 Å². The van der Waals surface area contributed by atoms with Crippen molar-refractivity contribution in [3.63, 3.8) is 0 Å². The lowest BCUT2D eigenvalue weighted by molar-refractivity contribution is -0.137.